The molecule has 0 spiro atoms. The molecular formula is C30H32O7. The summed E-state index contributed by atoms with van der Waals surface area (Å²) in [6.45, 7) is 4.50. The Morgan fingerprint density at radius 2 is 1.43 bits per heavy atom. The van der Waals surface area contributed by atoms with Crippen molar-refractivity contribution in [2.75, 3.05) is 13.2 Å². The van der Waals surface area contributed by atoms with Gasteiger partial charge in [0, 0.05) is 0 Å². The second kappa shape index (κ2) is 13.8. The van der Waals surface area contributed by atoms with Crippen LogP contribution in [0.2, 0.25) is 0 Å². The Hall–Kier alpha value is -3.33. The third-order valence-electron chi connectivity index (χ3n) is 5.93. The first-order chi connectivity index (χ1) is 18.2. The maximum Gasteiger partial charge on any atom is 0.338 e. The monoisotopic (exact) mass is 504 g/mol. The van der Waals surface area contributed by atoms with Crippen molar-refractivity contribution in [2.45, 2.75) is 43.9 Å². The van der Waals surface area contributed by atoms with Crippen LogP contribution >= 0.6 is 0 Å². The Labute approximate surface area is 217 Å². The molecule has 3 aromatic carbocycles. The Morgan fingerprint density at radius 3 is 2.05 bits per heavy atom. The number of hydrogen-bond donors (Lipinski definition) is 1. The second-order valence-corrected chi connectivity index (χ2v) is 8.65. The average molecular weight is 505 g/mol. The van der Waals surface area contributed by atoms with Crippen LogP contribution < -0.4 is 0 Å². The molecule has 0 radical (unpaired) electrons. The molecule has 0 bridgehead atoms. The van der Waals surface area contributed by atoms with Crippen LogP contribution in [0.1, 0.15) is 21.5 Å². The SMILES string of the molecule is C=CCO[C@@H]1O[C@H](COCc2ccccc2)[C@H](O)[C@H](OCc2ccccc2)[C@H]1OC(=O)c1ccccc1. The number of rotatable bonds is 12. The van der Waals surface area contributed by atoms with Gasteiger partial charge in [0.15, 0.2) is 12.4 Å². The van der Waals surface area contributed by atoms with E-state index in [4.69, 9.17) is 23.7 Å². The summed E-state index contributed by atoms with van der Waals surface area (Å²) < 4.78 is 29.8. The number of esters is 1. The van der Waals surface area contributed by atoms with Crippen LogP contribution in [0.4, 0.5) is 0 Å². The van der Waals surface area contributed by atoms with Gasteiger partial charge in [-0.2, -0.15) is 0 Å². The molecule has 7 heteroatoms. The van der Waals surface area contributed by atoms with Crippen molar-refractivity contribution in [3.8, 4) is 0 Å². The quantitative estimate of drug-likeness (QED) is 0.291. The van der Waals surface area contributed by atoms with Crippen LogP contribution in [-0.2, 0) is 36.9 Å². The van der Waals surface area contributed by atoms with Crippen molar-refractivity contribution in [1.29, 1.82) is 0 Å². The molecule has 1 saturated heterocycles. The van der Waals surface area contributed by atoms with Gasteiger partial charge in [-0.05, 0) is 23.3 Å². The van der Waals surface area contributed by atoms with Crippen molar-refractivity contribution in [3.05, 3.63) is 120 Å². The van der Waals surface area contributed by atoms with Gasteiger partial charge in [0.1, 0.15) is 18.3 Å². The first-order valence-corrected chi connectivity index (χ1v) is 12.2. The van der Waals surface area contributed by atoms with Crippen molar-refractivity contribution >= 4 is 5.97 Å². The molecule has 0 aliphatic carbocycles. The van der Waals surface area contributed by atoms with Gasteiger partial charge in [-0.25, -0.2) is 4.79 Å². The van der Waals surface area contributed by atoms with E-state index >= 15 is 0 Å². The van der Waals surface area contributed by atoms with Crippen molar-refractivity contribution in [2.24, 2.45) is 0 Å². The minimum atomic E-state index is -1.14. The van der Waals surface area contributed by atoms with Gasteiger partial charge >= 0.3 is 5.97 Å². The minimum absolute atomic E-state index is 0.0918. The molecule has 7 nitrogen and oxygen atoms in total. The third kappa shape index (κ3) is 7.58. The number of aliphatic hydroxyl groups excluding tert-OH is 1. The van der Waals surface area contributed by atoms with E-state index in [2.05, 4.69) is 6.58 Å². The van der Waals surface area contributed by atoms with Gasteiger partial charge in [0.2, 0.25) is 0 Å². The maximum absolute atomic E-state index is 13.0. The first-order valence-electron chi connectivity index (χ1n) is 12.2. The van der Waals surface area contributed by atoms with Gasteiger partial charge in [-0.1, -0.05) is 84.9 Å². The maximum atomic E-state index is 13.0. The smallest absolute Gasteiger partial charge is 0.338 e. The molecule has 0 saturated carbocycles. The summed E-state index contributed by atoms with van der Waals surface area (Å²) in [6.07, 6.45) is -3.30. The topological polar surface area (TPSA) is 83.5 Å². The van der Waals surface area contributed by atoms with E-state index in [0.29, 0.717) is 12.2 Å². The Morgan fingerprint density at radius 1 is 0.838 bits per heavy atom. The summed E-state index contributed by atoms with van der Waals surface area (Å²) >= 11 is 0. The lowest BCUT2D eigenvalue weighted by Gasteiger charge is -2.43. The van der Waals surface area contributed by atoms with E-state index in [1.807, 2.05) is 66.7 Å². The van der Waals surface area contributed by atoms with Crippen molar-refractivity contribution in [1.82, 2.24) is 0 Å². The molecule has 37 heavy (non-hydrogen) atoms. The number of hydrogen-bond acceptors (Lipinski definition) is 7. The normalized spacial score (nSPS) is 23.3. The van der Waals surface area contributed by atoms with Crippen LogP contribution in [0.25, 0.3) is 0 Å². The number of carbonyl (C=O) groups is 1. The molecule has 4 rings (SSSR count). The molecule has 1 aliphatic rings. The highest BCUT2D eigenvalue weighted by molar-refractivity contribution is 5.89. The molecule has 194 valence electrons. The summed E-state index contributed by atoms with van der Waals surface area (Å²) in [5.74, 6) is -0.569. The molecule has 1 aliphatic heterocycles. The zero-order valence-electron chi connectivity index (χ0n) is 20.6. The second-order valence-electron chi connectivity index (χ2n) is 8.65. The van der Waals surface area contributed by atoms with Gasteiger partial charge < -0.3 is 28.8 Å². The van der Waals surface area contributed by atoms with E-state index in [9.17, 15) is 9.90 Å². The van der Waals surface area contributed by atoms with E-state index in [0.717, 1.165) is 11.1 Å². The van der Waals surface area contributed by atoms with E-state index in [1.54, 1.807) is 30.3 Å². The lowest BCUT2D eigenvalue weighted by molar-refractivity contribution is -0.307. The van der Waals surface area contributed by atoms with Crippen molar-refractivity contribution < 1.29 is 33.6 Å². The first kappa shape index (κ1) is 26.7. The Kier molecular flexibility index (Phi) is 9.99. The molecule has 0 aromatic heterocycles. The van der Waals surface area contributed by atoms with E-state index in [-0.39, 0.29) is 19.8 Å². The van der Waals surface area contributed by atoms with Gasteiger partial charge in [-0.15, -0.1) is 6.58 Å². The van der Waals surface area contributed by atoms with Gasteiger partial charge in [-0.3, -0.25) is 0 Å². The standard InChI is InChI=1S/C30H32O7/c1-2-18-34-30-28(37-29(32)24-16-10-5-11-17-24)27(35-20-23-14-8-4-9-15-23)26(31)25(36-30)21-33-19-22-12-6-3-7-13-22/h2-17,25-28,30-31H,1,18-21H2/t25-,26+,27+,28-,30-/m1/s1. The molecule has 1 heterocycles. The lowest BCUT2D eigenvalue weighted by Crippen LogP contribution is -2.61. The zero-order valence-corrected chi connectivity index (χ0v) is 20.6. The van der Waals surface area contributed by atoms with Crippen LogP contribution in [-0.4, -0.2) is 55.0 Å². The van der Waals surface area contributed by atoms with Crippen LogP contribution in [0.3, 0.4) is 0 Å². The molecule has 0 amide bonds. The third-order valence-corrected chi connectivity index (χ3v) is 5.93. The minimum Gasteiger partial charge on any atom is -0.450 e. The van der Waals surface area contributed by atoms with Crippen LogP contribution in [0.15, 0.2) is 104 Å². The lowest BCUT2D eigenvalue weighted by atomic mass is 9.98. The number of benzene rings is 3. The number of aliphatic hydroxyl groups is 1. The fraction of sp³-hybridized carbons (Fsp3) is 0.300. The summed E-state index contributed by atoms with van der Waals surface area (Å²) in [5.41, 5.74) is 2.28. The summed E-state index contributed by atoms with van der Waals surface area (Å²) in [6, 6.07) is 27.9. The Bertz CT molecular complexity index is 1090. The van der Waals surface area contributed by atoms with Gasteiger partial charge in [0.05, 0.1) is 32.0 Å². The highest BCUT2D eigenvalue weighted by atomic mass is 16.7. The highest BCUT2D eigenvalue weighted by Crippen LogP contribution is 2.29. The van der Waals surface area contributed by atoms with Crippen LogP contribution in [0.5, 0.6) is 0 Å². The summed E-state index contributed by atoms with van der Waals surface area (Å²) in [5, 5.41) is 11.3. The number of carbonyl (C=O) groups excluding carboxylic acids is 1. The molecule has 5 atom stereocenters. The Balaban J connectivity index is 1.52. The number of ether oxygens (including phenoxy) is 5. The van der Waals surface area contributed by atoms with Crippen LogP contribution in [0, 0.1) is 0 Å². The van der Waals surface area contributed by atoms with Gasteiger partial charge in [0.25, 0.3) is 0 Å². The van der Waals surface area contributed by atoms with E-state index < -0.39 is 36.7 Å². The highest BCUT2D eigenvalue weighted by Gasteiger charge is 2.49. The summed E-state index contributed by atoms with van der Waals surface area (Å²) in [7, 11) is 0. The molecule has 1 fully saturated rings. The molecule has 0 unspecified atom stereocenters. The molecule has 3 aromatic rings. The fourth-order valence-corrected chi connectivity index (χ4v) is 4.04. The summed E-state index contributed by atoms with van der Waals surface area (Å²) in [4.78, 5) is 13.0. The largest absolute Gasteiger partial charge is 0.450 e. The predicted molar refractivity (Wildman–Crippen MR) is 138 cm³/mol. The molecule has 1 N–H and O–H groups in total. The zero-order chi connectivity index (χ0) is 25.9. The fourth-order valence-electron chi connectivity index (χ4n) is 4.04. The predicted octanol–water partition coefficient (Wildman–Crippen LogP) is 4.30. The van der Waals surface area contributed by atoms with E-state index in [1.165, 1.54) is 0 Å². The molecular weight excluding hydrogens is 472 g/mol. The van der Waals surface area contributed by atoms with Crippen molar-refractivity contribution in [3.63, 3.8) is 0 Å². The average Bonchev–Trinajstić information content (AvgIpc) is 2.95.